The number of nitrogens with zero attached hydrogens (tertiary/aromatic N) is 1. The zero-order valence-corrected chi connectivity index (χ0v) is 20.0. The van der Waals surface area contributed by atoms with E-state index in [2.05, 4.69) is 22.6 Å². The van der Waals surface area contributed by atoms with Gasteiger partial charge in [0, 0.05) is 29.4 Å². The molecule has 8 heteroatoms. The highest BCUT2D eigenvalue weighted by Crippen LogP contribution is 2.35. The predicted molar refractivity (Wildman–Crippen MR) is 135 cm³/mol. The van der Waals surface area contributed by atoms with E-state index in [1.807, 2.05) is 0 Å². The van der Waals surface area contributed by atoms with E-state index in [9.17, 15) is 14.0 Å². The van der Waals surface area contributed by atoms with Crippen molar-refractivity contribution >= 4 is 40.8 Å². The van der Waals surface area contributed by atoms with E-state index in [0.29, 0.717) is 57.1 Å². The average molecular weight is 494 g/mol. The lowest BCUT2D eigenvalue weighted by Gasteiger charge is -2.32. The van der Waals surface area contributed by atoms with Gasteiger partial charge in [0.2, 0.25) is 0 Å². The number of likely N-dealkylation sites (N-methyl/N-ethyl adjacent to an activating group) is 1. The first-order valence-electron chi connectivity index (χ1n) is 11.6. The maximum absolute atomic E-state index is 13.7. The largest absolute Gasteiger partial charge is 0.457 e. The maximum atomic E-state index is 13.7. The normalized spacial score (nSPS) is 19.0. The van der Waals surface area contributed by atoms with Gasteiger partial charge in [-0.15, -0.1) is 0 Å². The SMILES string of the molecule is CN1CCCCC1CNC(=O)c1cc(-c2ccc(/C=C3/C(=O)Nc4ccc(F)cc43)o2)ccc1Cl. The monoisotopic (exact) mass is 493 g/mol. The fraction of sp³-hybridized carbons (Fsp3) is 0.259. The average Bonchev–Trinajstić information content (AvgIpc) is 3.43. The number of likely N-dealkylation sites (tertiary alicyclic amines) is 1. The molecule has 2 aliphatic rings. The van der Waals surface area contributed by atoms with Crippen molar-refractivity contribution in [2.24, 2.45) is 0 Å². The van der Waals surface area contributed by atoms with Gasteiger partial charge in [-0.25, -0.2) is 4.39 Å². The standard InChI is InChI=1S/C27H25ClFN3O3/c1-32-11-3-2-4-18(32)15-30-26(33)22-12-16(5-8-23(22)28)25-10-7-19(35-25)14-21-20-13-17(29)6-9-24(20)31-27(21)34/h5-10,12-14,18H,2-4,11,15H2,1H3,(H,30,33)(H,31,34)/b21-14+. The molecule has 6 nitrogen and oxygen atoms in total. The second-order valence-electron chi connectivity index (χ2n) is 8.94. The molecular formula is C27H25ClFN3O3. The highest BCUT2D eigenvalue weighted by molar-refractivity contribution is 6.35. The fourth-order valence-electron chi connectivity index (χ4n) is 4.59. The molecule has 1 fully saturated rings. The van der Waals surface area contributed by atoms with E-state index in [4.69, 9.17) is 16.0 Å². The Labute approximate surface area is 207 Å². The van der Waals surface area contributed by atoms with Gasteiger partial charge in [0.1, 0.15) is 17.3 Å². The van der Waals surface area contributed by atoms with Crippen LogP contribution in [-0.2, 0) is 4.79 Å². The lowest BCUT2D eigenvalue weighted by Crippen LogP contribution is -2.44. The molecule has 5 rings (SSSR count). The zero-order chi connectivity index (χ0) is 24.5. The number of fused-ring (bicyclic) bond motifs is 1. The zero-order valence-electron chi connectivity index (χ0n) is 19.2. The summed E-state index contributed by atoms with van der Waals surface area (Å²) in [6.07, 6.45) is 4.99. The van der Waals surface area contributed by atoms with Gasteiger partial charge < -0.3 is 20.0 Å². The second-order valence-corrected chi connectivity index (χ2v) is 9.35. The van der Waals surface area contributed by atoms with E-state index >= 15 is 0 Å². The smallest absolute Gasteiger partial charge is 0.256 e. The van der Waals surface area contributed by atoms with Gasteiger partial charge in [0.25, 0.3) is 11.8 Å². The molecule has 3 heterocycles. The third-order valence-corrected chi connectivity index (χ3v) is 6.92. The van der Waals surface area contributed by atoms with E-state index in [1.54, 1.807) is 36.4 Å². The molecule has 2 aliphatic heterocycles. The Balaban J connectivity index is 1.35. The van der Waals surface area contributed by atoms with Crippen LogP contribution >= 0.6 is 11.6 Å². The molecule has 0 saturated carbocycles. The number of hydrogen-bond acceptors (Lipinski definition) is 4. The van der Waals surface area contributed by atoms with Crippen LogP contribution in [0.5, 0.6) is 0 Å². The highest BCUT2D eigenvalue weighted by Gasteiger charge is 2.25. The van der Waals surface area contributed by atoms with Crippen LogP contribution < -0.4 is 10.6 Å². The number of piperidine rings is 1. The summed E-state index contributed by atoms with van der Waals surface area (Å²) in [6.45, 7) is 1.61. The summed E-state index contributed by atoms with van der Waals surface area (Å²) in [7, 11) is 2.08. The molecule has 2 aromatic carbocycles. The Bertz CT molecular complexity index is 1330. The van der Waals surface area contributed by atoms with E-state index in [0.717, 1.165) is 13.0 Å². The number of anilines is 1. The minimum absolute atomic E-state index is 0.231. The molecule has 0 aliphatic carbocycles. The summed E-state index contributed by atoms with van der Waals surface area (Å²) in [5.41, 5.74) is 2.42. The number of furan rings is 1. The van der Waals surface area contributed by atoms with Gasteiger partial charge in [0.05, 0.1) is 16.2 Å². The van der Waals surface area contributed by atoms with Crippen molar-refractivity contribution in [3.8, 4) is 11.3 Å². The molecule has 1 atom stereocenters. The van der Waals surface area contributed by atoms with Crippen LogP contribution in [0.25, 0.3) is 23.0 Å². The molecule has 35 heavy (non-hydrogen) atoms. The molecule has 1 saturated heterocycles. The minimum Gasteiger partial charge on any atom is -0.457 e. The molecule has 1 unspecified atom stereocenters. The topological polar surface area (TPSA) is 74.6 Å². The number of halogens is 2. The molecule has 0 radical (unpaired) electrons. The maximum Gasteiger partial charge on any atom is 0.256 e. The second kappa shape index (κ2) is 9.68. The molecular weight excluding hydrogens is 469 g/mol. The number of rotatable bonds is 5. The molecule has 2 N–H and O–H groups in total. The van der Waals surface area contributed by atoms with Crippen LogP contribution in [0, 0.1) is 5.82 Å². The van der Waals surface area contributed by atoms with Gasteiger partial charge >= 0.3 is 0 Å². The molecule has 1 aromatic heterocycles. The lowest BCUT2D eigenvalue weighted by atomic mass is 10.0. The number of hydrogen-bond donors (Lipinski definition) is 2. The van der Waals surface area contributed by atoms with Gasteiger partial charge in [-0.2, -0.15) is 0 Å². The van der Waals surface area contributed by atoms with Crippen LogP contribution in [0.4, 0.5) is 10.1 Å². The number of carbonyl (C=O) groups excluding carboxylic acids is 2. The van der Waals surface area contributed by atoms with Crippen molar-refractivity contribution < 1.29 is 18.4 Å². The van der Waals surface area contributed by atoms with E-state index in [1.165, 1.54) is 31.0 Å². The predicted octanol–water partition coefficient (Wildman–Crippen LogP) is 5.45. The summed E-state index contributed by atoms with van der Waals surface area (Å²) in [5, 5.41) is 6.09. The molecule has 2 amide bonds. The Kier molecular flexibility index (Phi) is 6.45. The summed E-state index contributed by atoms with van der Waals surface area (Å²) in [5.74, 6) is -0.0204. The van der Waals surface area contributed by atoms with Gasteiger partial charge in [-0.1, -0.05) is 18.0 Å². The van der Waals surface area contributed by atoms with Crippen molar-refractivity contribution in [3.05, 3.63) is 76.3 Å². The molecule has 0 spiro atoms. The Morgan fingerprint density at radius 3 is 2.91 bits per heavy atom. The Morgan fingerprint density at radius 2 is 2.09 bits per heavy atom. The first-order chi connectivity index (χ1) is 16.9. The summed E-state index contributed by atoms with van der Waals surface area (Å²) in [6, 6.07) is 13.1. The number of benzene rings is 2. The van der Waals surface area contributed by atoms with Crippen molar-refractivity contribution in [3.63, 3.8) is 0 Å². The van der Waals surface area contributed by atoms with Crippen LogP contribution in [0.15, 0.2) is 52.9 Å². The van der Waals surface area contributed by atoms with Crippen LogP contribution in [0.2, 0.25) is 5.02 Å². The number of amides is 2. The van der Waals surface area contributed by atoms with Gasteiger partial charge in [-0.3, -0.25) is 9.59 Å². The Hall–Kier alpha value is -3.42. The van der Waals surface area contributed by atoms with Crippen LogP contribution in [0.3, 0.4) is 0 Å². The van der Waals surface area contributed by atoms with Crippen LogP contribution in [-0.4, -0.2) is 42.9 Å². The first-order valence-corrected chi connectivity index (χ1v) is 12.0. The fourth-order valence-corrected chi connectivity index (χ4v) is 4.80. The summed E-state index contributed by atoms with van der Waals surface area (Å²) >= 11 is 6.34. The van der Waals surface area contributed by atoms with E-state index in [-0.39, 0.29) is 11.8 Å². The first kappa shape index (κ1) is 23.3. The lowest BCUT2D eigenvalue weighted by molar-refractivity contribution is -0.110. The minimum atomic E-state index is -0.423. The van der Waals surface area contributed by atoms with E-state index < -0.39 is 5.82 Å². The molecule has 180 valence electrons. The summed E-state index contributed by atoms with van der Waals surface area (Å²) < 4.78 is 19.6. The van der Waals surface area contributed by atoms with Crippen molar-refractivity contribution in [2.75, 3.05) is 25.5 Å². The highest BCUT2D eigenvalue weighted by atomic mass is 35.5. The van der Waals surface area contributed by atoms with Crippen molar-refractivity contribution in [2.45, 2.75) is 25.3 Å². The van der Waals surface area contributed by atoms with Crippen molar-refractivity contribution in [1.29, 1.82) is 0 Å². The third kappa shape index (κ3) is 4.88. The Morgan fingerprint density at radius 1 is 1.23 bits per heavy atom. The molecule has 3 aromatic rings. The van der Waals surface area contributed by atoms with Gasteiger partial charge in [0.15, 0.2) is 0 Å². The quantitative estimate of drug-likeness (QED) is 0.464. The van der Waals surface area contributed by atoms with Gasteiger partial charge in [-0.05, 0) is 81.0 Å². The van der Waals surface area contributed by atoms with Crippen molar-refractivity contribution in [1.82, 2.24) is 10.2 Å². The molecule has 0 bridgehead atoms. The number of nitrogens with one attached hydrogen (secondary N) is 2. The third-order valence-electron chi connectivity index (χ3n) is 6.59. The van der Waals surface area contributed by atoms with Crippen LogP contribution in [0.1, 0.15) is 40.9 Å². The summed E-state index contributed by atoms with van der Waals surface area (Å²) in [4.78, 5) is 27.5. The number of carbonyl (C=O) groups is 2.